The molecule has 1 N–H and O–H groups in total. The summed E-state index contributed by atoms with van der Waals surface area (Å²) in [5.41, 5.74) is 2.03. The number of hydrogen-bond donors (Lipinski definition) is 1. The highest BCUT2D eigenvalue weighted by Gasteiger charge is 2.52. The summed E-state index contributed by atoms with van der Waals surface area (Å²) in [5.74, 6) is 1.19. The van der Waals surface area contributed by atoms with Gasteiger partial charge in [0.1, 0.15) is 5.75 Å². The van der Waals surface area contributed by atoms with Crippen molar-refractivity contribution in [2.75, 3.05) is 34.4 Å². The summed E-state index contributed by atoms with van der Waals surface area (Å²) in [4.78, 5) is 15.4. The van der Waals surface area contributed by atoms with Crippen molar-refractivity contribution < 1.29 is 14.3 Å². The number of hydrogen-bond acceptors (Lipinski definition) is 4. The normalized spacial score (nSPS) is 27.6. The van der Waals surface area contributed by atoms with Crippen LogP contribution in [0.2, 0.25) is 10.0 Å². The summed E-state index contributed by atoms with van der Waals surface area (Å²) < 4.78 is 11.6. The van der Waals surface area contributed by atoms with Gasteiger partial charge < -0.3 is 19.7 Å². The van der Waals surface area contributed by atoms with E-state index >= 15 is 0 Å². The van der Waals surface area contributed by atoms with E-state index in [0.717, 1.165) is 43.7 Å². The van der Waals surface area contributed by atoms with Crippen LogP contribution in [0.3, 0.4) is 0 Å². The number of halogens is 2. The van der Waals surface area contributed by atoms with E-state index in [9.17, 15) is 4.79 Å². The van der Waals surface area contributed by atoms with Crippen molar-refractivity contribution in [3.63, 3.8) is 0 Å². The predicted octanol–water partition coefficient (Wildman–Crippen LogP) is 4.73. The smallest absolute Gasteiger partial charge is 0.224 e. The Hall–Kier alpha value is -1.79. The summed E-state index contributed by atoms with van der Waals surface area (Å²) in [6.45, 7) is 1.98. The summed E-state index contributed by atoms with van der Waals surface area (Å²) in [6.07, 6.45) is 3.02. The van der Waals surface area contributed by atoms with Crippen LogP contribution in [0.5, 0.6) is 5.75 Å². The Balaban J connectivity index is 1.59. The van der Waals surface area contributed by atoms with E-state index in [2.05, 4.69) is 35.5 Å². The van der Waals surface area contributed by atoms with Crippen LogP contribution < -0.4 is 10.1 Å². The Bertz CT molecular complexity index is 1000. The maximum absolute atomic E-state index is 13.0. The molecule has 4 atom stereocenters. The zero-order chi connectivity index (χ0) is 23.6. The second kappa shape index (κ2) is 10.2. The molecule has 1 aliphatic heterocycles. The molecule has 1 heterocycles. The number of carbonyl (C=O) groups is 1. The number of carbonyl (C=O) groups excluding carboxylic acids is 1. The number of rotatable bonds is 6. The maximum atomic E-state index is 13.0. The van der Waals surface area contributed by atoms with Gasteiger partial charge in [0.25, 0.3) is 0 Å². The SMILES string of the molecule is COc1cccc(C23CCN(C)CC2C(OC)CC(NC(=O)Cc2ccc(Cl)c(Cl)c2)C3)c1. The first kappa shape index (κ1) is 24.3. The van der Waals surface area contributed by atoms with E-state index in [1.54, 1.807) is 26.4 Å². The first-order chi connectivity index (χ1) is 15.8. The van der Waals surface area contributed by atoms with E-state index in [1.807, 2.05) is 12.1 Å². The summed E-state index contributed by atoms with van der Waals surface area (Å²) in [5, 5.41) is 4.25. The second-order valence-corrected chi connectivity index (χ2v) is 10.2. The molecule has 2 aromatic rings. The monoisotopic (exact) mass is 490 g/mol. The van der Waals surface area contributed by atoms with Crippen molar-refractivity contribution in [2.24, 2.45) is 5.92 Å². The Morgan fingerprint density at radius 3 is 2.73 bits per heavy atom. The average molecular weight is 491 g/mol. The lowest BCUT2D eigenvalue weighted by molar-refractivity contribution is -0.123. The van der Waals surface area contributed by atoms with Crippen LogP contribution in [0.1, 0.15) is 30.4 Å². The summed E-state index contributed by atoms with van der Waals surface area (Å²) in [6, 6.07) is 13.8. The lowest BCUT2D eigenvalue weighted by atomic mass is 9.57. The largest absolute Gasteiger partial charge is 0.497 e. The minimum Gasteiger partial charge on any atom is -0.497 e. The van der Waals surface area contributed by atoms with Crippen LogP contribution in [0, 0.1) is 5.92 Å². The minimum absolute atomic E-state index is 0.0135. The van der Waals surface area contributed by atoms with Crippen molar-refractivity contribution in [1.29, 1.82) is 0 Å². The van der Waals surface area contributed by atoms with Crippen molar-refractivity contribution >= 4 is 29.1 Å². The average Bonchev–Trinajstić information content (AvgIpc) is 2.81. The molecular formula is C26H32Cl2N2O3. The second-order valence-electron chi connectivity index (χ2n) is 9.41. The molecule has 5 nitrogen and oxygen atoms in total. The predicted molar refractivity (Wildman–Crippen MR) is 132 cm³/mol. The van der Waals surface area contributed by atoms with E-state index in [0.29, 0.717) is 16.0 Å². The van der Waals surface area contributed by atoms with Gasteiger partial charge in [-0.15, -0.1) is 0 Å². The molecule has 0 spiro atoms. The van der Waals surface area contributed by atoms with Gasteiger partial charge in [0, 0.05) is 31.0 Å². The third-order valence-electron chi connectivity index (χ3n) is 7.40. The van der Waals surface area contributed by atoms with E-state index in [1.165, 1.54) is 5.56 Å². The molecular weight excluding hydrogens is 459 g/mol. The van der Waals surface area contributed by atoms with Gasteiger partial charge in [-0.2, -0.15) is 0 Å². The molecule has 0 bridgehead atoms. The van der Waals surface area contributed by atoms with Crippen LogP contribution in [0.25, 0.3) is 0 Å². The Morgan fingerprint density at radius 2 is 2.00 bits per heavy atom. The fraction of sp³-hybridized carbons (Fsp3) is 0.500. The lowest BCUT2D eigenvalue weighted by Crippen LogP contribution is -2.60. The van der Waals surface area contributed by atoms with Crippen LogP contribution in [0.15, 0.2) is 42.5 Å². The van der Waals surface area contributed by atoms with E-state index < -0.39 is 0 Å². The fourth-order valence-electron chi connectivity index (χ4n) is 5.77. The molecule has 2 fully saturated rings. The quantitative estimate of drug-likeness (QED) is 0.635. The van der Waals surface area contributed by atoms with Crippen molar-refractivity contribution in [1.82, 2.24) is 10.2 Å². The zero-order valence-electron chi connectivity index (χ0n) is 19.4. The van der Waals surface area contributed by atoms with Crippen LogP contribution >= 0.6 is 23.2 Å². The van der Waals surface area contributed by atoms with Gasteiger partial charge in [-0.1, -0.05) is 41.4 Å². The minimum atomic E-state index is -0.0818. The van der Waals surface area contributed by atoms with E-state index in [-0.39, 0.29) is 29.9 Å². The number of methoxy groups -OCH3 is 2. The van der Waals surface area contributed by atoms with Crippen molar-refractivity contribution in [3.8, 4) is 5.75 Å². The van der Waals surface area contributed by atoms with Crippen molar-refractivity contribution in [2.45, 2.75) is 43.2 Å². The third kappa shape index (κ3) is 5.17. The molecule has 4 unspecified atom stereocenters. The standard InChI is InChI=1S/C26H32Cl2N2O3/c1-30-10-9-26(18-5-4-6-20(13-18)32-2)15-19(14-24(33-3)21(26)16-30)29-25(31)12-17-7-8-22(27)23(28)11-17/h4-8,11,13,19,21,24H,9-10,12,14-16H2,1-3H3,(H,29,31). The number of amides is 1. The molecule has 1 aliphatic carbocycles. The first-order valence-electron chi connectivity index (χ1n) is 11.4. The van der Waals surface area contributed by atoms with Gasteiger partial charge in [0.05, 0.1) is 29.7 Å². The molecule has 33 heavy (non-hydrogen) atoms. The van der Waals surface area contributed by atoms with Gasteiger partial charge in [0.15, 0.2) is 0 Å². The molecule has 2 aromatic carbocycles. The van der Waals surface area contributed by atoms with Gasteiger partial charge >= 0.3 is 0 Å². The highest BCUT2D eigenvalue weighted by atomic mass is 35.5. The number of benzene rings is 2. The number of fused-ring (bicyclic) bond motifs is 1. The molecule has 1 saturated heterocycles. The van der Waals surface area contributed by atoms with Gasteiger partial charge in [-0.25, -0.2) is 0 Å². The zero-order valence-corrected chi connectivity index (χ0v) is 21.0. The summed E-state index contributed by atoms with van der Waals surface area (Å²) in [7, 11) is 5.66. The van der Waals surface area contributed by atoms with E-state index in [4.69, 9.17) is 32.7 Å². The van der Waals surface area contributed by atoms with Crippen LogP contribution in [-0.2, 0) is 21.4 Å². The van der Waals surface area contributed by atoms with Crippen molar-refractivity contribution in [3.05, 3.63) is 63.6 Å². The number of ether oxygens (including phenoxy) is 2. The molecule has 2 aliphatic rings. The Morgan fingerprint density at radius 1 is 1.18 bits per heavy atom. The number of nitrogens with zero attached hydrogens (tertiary/aromatic N) is 1. The molecule has 0 radical (unpaired) electrons. The Kier molecular flexibility index (Phi) is 7.54. The number of likely N-dealkylation sites (tertiary alicyclic amines) is 1. The van der Waals surface area contributed by atoms with Crippen LogP contribution in [-0.4, -0.2) is 57.3 Å². The molecule has 1 amide bonds. The molecule has 7 heteroatoms. The Labute approximate surface area is 206 Å². The maximum Gasteiger partial charge on any atom is 0.224 e. The van der Waals surface area contributed by atoms with Gasteiger partial charge in [-0.3, -0.25) is 4.79 Å². The number of piperidine rings is 1. The highest BCUT2D eigenvalue weighted by Crippen LogP contribution is 2.50. The topological polar surface area (TPSA) is 50.8 Å². The molecule has 1 saturated carbocycles. The molecule has 178 valence electrons. The number of nitrogens with one attached hydrogen (secondary N) is 1. The fourth-order valence-corrected chi connectivity index (χ4v) is 6.09. The molecule has 4 rings (SSSR count). The molecule has 0 aromatic heterocycles. The van der Waals surface area contributed by atoms with Gasteiger partial charge in [0.2, 0.25) is 5.91 Å². The highest BCUT2D eigenvalue weighted by molar-refractivity contribution is 6.42. The van der Waals surface area contributed by atoms with Gasteiger partial charge in [-0.05, 0) is 68.2 Å². The summed E-state index contributed by atoms with van der Waals surface area (Å²) >= 11 is 12.1. The lowest BCUT2D eigenvalue weighted by Gasteiger charge is -2.55. The third-order valence-corrected chi connectivity index (χ3v) is 8.13. The van der Waals surface area contributed by atoms with Crippen LogP contribution in [0.4, 0.5) is 0 Å². The first-order valence-corrected chi connectivity index (χ1v) is 12.2.